The van der Waals surface area contributed by atoms with Gasteiger partial charge in [-0.3, -0.25) is 11.3 Å². The smallest absolute Gasteiger partial charge is 0.0636 e. The highest BCUT2D eigenvalue weighted by Crippen LogP contribution is 2.07. The Morgan fingerprint density at radius 3 is 2.88 bits per heavy atom. The molecular formula is C13H22N2O. The van der Waals surface area contributed by atoms with E-state index in [1.54, 1.807) is 0 Å². The summed E-state index contributed by atoms with van der Waals surface area (Å²) >= 11 is 0. The summed E-state index contributed by atoms with van der Waals surface area (Å²) in [6.45, 7) is 5.66. The molecule has 1 aromatic rings. The van der Waals surface area contributed by atoms with Crippen LogP contribution < -0.4 is 11.3 Å². The predicted molar refractivity (Wildman–Crippen MR) is 67.1 cm³/mol. The van der Waals surface area contributed by atoms with Gasteiger partial charge in [-0.05, 0) is 25.3 Å². The van der Waals surface area contributed by atoms with Crippen LogP contribution in [0.5, 0.6) is 0 Å². The molecule has 0 saturated heterocycles. The zero-order chi connectivity index (χ0) is 11.8. The third-order valence-corrected chi connectivity index (χ3v) is 2.47. The molecule has 0 amide bonds. The van der Waals surface area contributed by atoms with Gasteiger partial charge in [0.2, 0.25) is 0 Å². The summed E-state index contributed by atoms with van der Waals surface area (Å²) in [7, 11) is 0. The van der Waals surface area contributed by atoms with E-state index in [4.69, 9.17) is 10.6 Å². The normalized spacial score (nSPS) is 12.7. The number of nitrogens with two attached hydrogens (primary N) is 1. The van der Waals surface area contributed by atoms with Crippen LogP contribution in [0, 0.1) is 6.92 Å². The average Bonchev–Trinajstić information content (AvgIpc) is 2.28. The average molecular weight is 222 g/mol. The first kappa shape index (κ1) is 13.2. The molecule has 0 aliphatic heterocycles. The number of hydrogen-bond acceptors (Lipinski definition) is 3. The second-order valence-corrected chi connectivity index (χ2v) is 4.13. The van der Waals surface area contributed by atoms with Crippen molar-refractivity contribution in [3.05, 3.63) is 35.4 Å². The van der Waals surface area contributed by atoms with Crippen LogP contribution >= 0.6 is 0 Å². The molecular weight excluding hydrogens is 200 g/mol. The third kappa shape index (κ3) is 4.75. The largest absolute Gasteiger partial charge is 0.380 e. The van der Waals surface area contributed by atoms with E-state index < -0.39 is 0 Å². The Morgan fingerprint density at radius 2 is 2.25 bits per heavy atom. The Balaban J connectivity index is 2.43. The summed E-state index contributed by atoms with van der Waals surface area (Å²) in [5.74, 6) is 5.51. The van der Waals surface area contributed by atoms with Gasteiger partial charge in [0.1, 0.15) is 0 Å². The number of hydrogen-bond donors (Lipinski definition) is 2. The zero-order valence-corrected chi connectivity index (χ0v) is 10.2. The van der Waals surface area contributed by atoms with Crippen LogP contribution in [-0.2, 0) is 11.2 Å². The maximum Gasteiger partial charge on any atom is 0.0636 e. The van der Waals surface area contributed by atoms with Crippen molar-refractivity contribution in [1.82, 2.24) is 5.43 Å². The van der Waals surface area contributed by atoms with E-state index in [2.05, 4.69) is 43.5 Å². The minimum absolute atomic E-state index is 0.188. The number of rotatable bonds is 7. The summed E-state index contributed by atoms with van der Waals surface area (Å²) in [6, 6.07) is 8.67. The highest BCUT2D eigenvalue weighted by atomic mass is 16.5. The maximum atomic E-state index is 5.51. The van der Waals surface area contributed by atoms with E-state index in [1.807, 2.05) is 0 Å². The lowest BCUT2D eigenvalue weighted by Crippen LogP contribution is -2.40. The topological polar surface area (TPSA) is 47.3 Å². The Morgan fingerprint density at radius 1 is 1.44 bits per heavy atom. The fourth-order valence-corrected chi connectivity index (χ4v) is 1.66. The Hall–Kier alpha value is -0.900. The van der Waals surface area contributed by atoms with Crippen LogP contribution in [0.3, 0.4) is 0 Å². The van der Waals surface area contributed by atoms with Crippen LogP contribution in [0.25, 0.3) is 0 Å². The van der Waals surface area contributed by atoms with Gasteiger partial charge in [-0.25, -0.2) is 0 Å². The van der Waals surface area contributed by atoms with E-state index >= 15 is 0 Å². The molecule has 0 aliphatic carbocycles. The maximum absolute atomic E-state index is 5.51. The van der Waals surface area contributed by atoms with Crippen molar-refractivity contribution in [2.75, 3.05) is 13.2 Å². The molecule has 1 aromatic carbocycles. The molecule has 3 N–H and O–H groups in total. The molecule has 0 bridgehead atoms. The summed E-state index contributed by atoms with van der Waals surface area (Å²) in [4.78, 5) is 0. The summed E-state index contributed by atoms with van der Waals surface area (Å²) in [5, 5.41) is 0. The van der Waals surface area contributed by atoms with Crippen molar-refractivity contribution in [2.45, 2.75) is 32.7 Å². The first-order chi connectivity index (χ1) is 7.76. The molecule has 1 unspecified atom stereocenters. The van der Waals surface area contributed by atoms with Crippen molar-refractivity contribution in [1.29, 1.82) is 0 Å². The number of hydrazine groups is 1. The fraction of sp³-hybridized carbons (Fsp3) is 0.538. The van der Waals surface area contributed by atoms with Crippen molar-refractivity contribution in [2.24, 2.45) is 5.84 Å². The second kappa shape index (κ2) is 7.39. The molecule has 1 rings (SSSR count). The van der Waals surface area contributed by atoms with Gasteiger partial charge in [0.05, 0.1) is 6.61 Å². The zero-order valence-electron chi connectivity index (χ0n) is 10.2. The monoisotopic (exact) mass is 222 g/mol. The van der Waals surface area contributed by atoms with E-state index in [1.165, 1.54) is 11.1 Å². The SMILES string of the molecule is CCCOCC(Cc1cccc(C)c1)NN. The van der Waals surface area contributed by atoms with Gasteiger partial charge in [0.15, 0.2) is 0 Å². The lowest BCUT2D eigenvalue weighted by atomic mass is 10.0. The lowest BCUT2D eigenvalue weighted by molar-refractivity contribution is 0.112. The van der Waals surface area contributed by atoms with Crippen LogP contribution in [-0.4, -0.2) is 19.3 Å². The highest BCUT2D eigenvalue weighted by molar-refractivity contribution is 5.22. The molecule has 3 nitrogen and oxygen atoms in total. The molecule has 90 valence electrons. The van der Waals surface area contributed by atoms with E-state index in [-0.39, 0.29) is 6.04 Å². The minimum atomic E-state index is 0.188. The lowest BCUT2D eigenvalue weighted by Gasteiger charge is -2.16. The second-order valence-electron chi connectivity index (χ2n) is 4.13. The molecule has 0 spiro atoms. The molecule has 3 heteroatoms. The molecule has 1 atom stereocenters. The van der Waals surface area contributed by atoms with E-state index in [0.29, 0.717) is 6.61 Å². The Bertz CT molecular complexity index is 302. The quantitative estimate of drug-likeness (QED) is 0.420. The Labute approximate surface area is 98.0 Å². The molecule has 0 aromatic heterocycles. The minimum Gasteiger partial charge on any atom is -0.380 e. The van der Waals surface area contributed by atoms with Gasteiger partial charge in [0, 0.05) is 12.6 Å². The van der Waals surface area contributed by atoms with Gasteiger partial charge in [0.25, 0.3) is 0 Å². The molecule has 0 saturated carbocycles. The van der Waals surface area contributed by atoms with Crippen LogP contribution in [0.2, 0.25) is 0 Å². The number of benzene rings is 1. The number of nitrogens with one attached hydrogen (secondary N) is 1. The number of aryl methyl sites for hydroxylation is 1. The molecule has 0 radical (unpaired) electrons. The fourth-order valence-electron chi connectivity index (χ4n) is 1.66. The van der Waals surface area contributed by atoms with Gasteiger partial charge >= 0.3 is 0 Å². The van der Waals surface area contributed by atoms with E-state index in [9.17, 15) is 0 Å². The van der Waals surface area contributed by atoms with Crippen LogP contribution in [0.15, 0.2) is 24.3 Å². The summed E-state index contributed by atoms with van der Waals surface area (Å²) in [5.41, 5.74) is 5.38. The number of ether oxygens (including phenoxy) is 1. The van der Waals surface area contributed by atoms with Crippen LogP contribution in [0.1, 0.15) is 24.5 Å². The molecule has 0 heterocycles. The molecule has 16 heavy (non-hydrogen) atoms. The summed E-state index contributed by atoms with van der Waals surface area (Å²) in [6.07, 6.45) is 1.95. The van der Waals surface area contributed by atoms with Crippen molar-refractivity contribution < 1.29 is 4.74 Å². The highest BCUT2D eigenvalue weighted by Gasteiger charge is 2.07. The Kier molecular flexibility index (Phi) is 6.08. The first-order valence-electron chi connectivity index (χ1n) is 5.85. The summed E-state index contributed by atoms with van der Waals surface area (Å²) < 4.78 is 5.50. The standard InChI is InChI=1S/C13H22N2O/c1-3-7-16-10-13(15-14)9-12-6-4-5-11(2)8-12/h4-6,8,13,15H,3,7,9-10,14H2,1-2H3. The van der Waals surface area contributed by atoms with Crippen molar-refractivity contribution >= 4 is 0 Å². The van der Waals surface area contributed by atoms with E-state index in [0.717, 1.165) is 19.4 Å². The first-order valence-corrected chi connectivity index (χ1v) is 5.85. The molecule has 0 fully saturated rings. The predicted octanol–water partition coefficient (Wildman–Crippen LogP) is 1.80. The van der Waals surface area contributed by atoms with Crippen molar-refractivity contribution in [3.8, 4) is 0 Å². The van der Waals surface area contributed by atoms with Gasteiger partial charge in [-0.2, -0.15) is 0 Å². The van der Waals surface area contributed by atoms with Gasteiger partial charge in [-0.15, -0.1) is 0 Å². The van der Waals surface area contributed by atoms with Gasteiger partial charge in [-0.1, -0.05) is 36.8 Å². The van der Waals surface area contributed by atoms with Crippen molar-refractivity contribution in [3.63, 3.8) is 0 Å². The van der Waals surface area contributed by atoms with Gasteiger partial charge < -0.3 is 4.74 Å². The van der Waals surface area contributed by atoms with Crippen LogP contribution in [0.4, 0.5) is 0 Å². The molecule has 0 aliphatic rings. The third-order valence-electron chi connectivity index (χ3n) is 2.47.